The van der Waals surface area contributed by atoms with E-state index in [1.165, 1.54) is 4.52 Å². The predicted octanol–water partition coefficient (Wildman–Crippen LogP) is 0.299. The van der Waals surface area contributed by atoms with Gasteiger partial charge in [-0.15, -0.1) is 5.10 Å². The summed E-state index contributed by atoms with van der Waals surface area (Å²) < 4.78 is 24.0. The molecular weight excluding hydrogens is 610 g/mol. The molecule has 0 saturated carbocycles. The van der Waals surface area contributed by atoms with Gasteiger partial charge in [0.05, 0.1) is 18.4 Å². The molecule has 1 fully saturated rings. The minimum atomic E-state index is -3.94. The molecule has 1 saturated heterocycles. The number of carbonyl (C=O) groups is 4. The number of carbonyl (C=O) groups excluding carboxylic acids is 1. The number of hydrogen-bond donors (Lipinski definition) is 5. The second-order valence-corrected chi connectivity index (χ2v) is 12.2. The maximum absolute atomic E-state index is 12.9. The lowest BCUT2D eigenvalue weighted by Crippen LogP contribution is -2.49. The fourth-order valence-electron chi connectivity index (χ4n) is 4.25. The summed E-state index contributed by atoms with van der Waals surface area (Å²) in [7, 11) is -3.94. The van der Waals surface area contributed by atoms with Crippen LogP contribution in [0.5, 0.6) is 0 Å². The molecule has 3 aromatic rings. The first-order valence-corrected chi connectivity index (χ1v) is 15.1. The van der Waals surface area contributed by atoms with Crippen LogP contribution in [0.3, 0.4) is 0 Å². The zero-order valence-corrected chi connectivity index (χ0v) is 24.2. The lowest BCUT2D eigenvalue weighted by atomic mass is 10.1. The van der Waals surface area contributed by atoms with Crippen molar-refractivity contribution < 1.29 is 42.9 Å². The second kappa shape index (κ2) is 13.2. The standard InChI is InChI=1S/C23H29N9O9S2/c24-43(40,41)20-27-32-13-17(26-19(32)42-20)15-1-3-16(4-2-15)25-18(33)14-28-5-7-29(21(34)35)9-11-31(23(38)39)12-10-30(8-6-28)22(36)37/h1-4,13H,5-12,14H2,(H,25,33)(H,34,35)(H,36,37)(H,38,39)(H2,24,40,41). The highest BCUT2D eigenvalue weighted by atomic mass is 32.2. The first kappa shape index (κ1) is 31.4. The van der Waals surface area contributed by atoms with Crippen LogP contribution in [-0.2, 0) is 14.8 Å². The number of nitrogens with one attached hydrogen (secondary N) is 1. The van der Waals surface area contributed by atoms with Gasteiger partial charge in [0, 0.05) is 63.6 Å². The van der Waals surface area contributed by atoms with E-state index < -0.39 is 34.2 Å². The minimum absolute atomic E-state index is 0.0203. The normalized spacial score (nSPS) is 16.0. The van der Waals surface area contributed by atoms with Crippen molar-refractivity contribution in [3.05, 3.63) is 30.5 Å². The number of imidazole rings is 1. The summed E-state index contributed by atoms with van der Waals surface area (Å²) in [6, 6.07) is 6.70. The largest absolute Gasteiger partial charge is 0.465 e. The number of sulfonamides is 1. The molecule has 18 nitrogen and oxygen atoms in total. The number of benzene rings is 1. The van der Waals surface area contributed by atoms with Crippen molar-refractivity contribution >= 4 is 56.2 Å². The number of rotatable bonds is 5. The first-order chi connectivity index (χ1) is 20.3. The van der Waals surface area contributed by atoms with Gasteiger partial charge in [-0.25, -0.2) is 37.4 Å². The van der Waals surface area contributed by atoms with Gasteiger partial charge in [-0.05, 0) is 12.1 Å². The lowest BCUT2D eigenvalue weighted by molar-refractivity contribution is -0.117. The van der Waals surface area contributed by atoms with Crippen LogP contribution in [0.15, 0.2) is 34.8 Å². The van der Waals surface area contributed by atoms with E-state index >= 15 is 0 Å². The van der Waals surface area contributed by atoms with Gasteiger partial charge >= 0.3 is 18.3 Å². The molecule has 1 aliphatic rings. The maximum Gasteiger partial charge on any atom is 0.407 e. The number of hydrogen-bond acceptors (Lipinski definition) is 10. The highest BCUT2D eigenvalue weighted by molar-refractivity contribution is 7.91. The van der Waals surface area contributed by atoms with E-state index in [0.29, 0.717) is 21.9 Å². The molecule has 0 aliphatic carbocycles. The van der Waals surface area contributed by atoms with E-state index in [2.05, 4.69) is 15.4 Å². The Labute approximate surface area is 248 Å². The van der Waals surface area contributed by atoms with E-state index in [4.69, 9.17) is 5.14 Å². The summed E-state index contributed by atoms with van der Waals surface area (Å²) in [6.45, 7) is -0.458. The Morgan fingerprint density at radius 3 is 1.77 bits per heavy atom. The van der Waals surface area contributed by atoms with Gasteiger partial charge in [0.1, 0.15) is 0 Å². The Balaban J connectivity index is 1.40. The van der Waals surface area contributed by atoms with Gasteiger partial charge in [-0.3, -0.25) is 9.69 Å². The molecule has 6 N–H and O–H groups in total. The number of primary sulfonamides is 1. The number of carboxylic acid groups (broad SMARTS) is 3. The van der Waals surface area contributed by atoms with Crippen LogP contribution in [0.2, 0.25) is 0 Å². The number of fused-ring (bicyclic) bond motifs is 1. The SMILES string of the molecule is NS(=O)(=O)c1nn2cc(-c3ccc(NC(=O)CN4CCN(C(=O)O)CCN(C(=O)O)CCN(C(=O)O)CC4)cc3)nc2s1. The van der Waals surface area contributed by atoms with Gasteiger partial charge in [-0.2, -0.15) is 0 Å². The molecule has 232 valence electrons. The van der Waals surface area contributed by atoms with Crippen molar-refractivity contribution in [3.8, 4) is 11.3 Å². The molecule has 43 heavy (non-hydrogen) atoms. The number of aromatic nitrogens is 3. The van der Waals surface area contributed by atoms with E-state index in [-0.39, 0.29) is 63.2 Å². The van der Waals surface area contributed by atoms with Gasteiger partial charge in [0.15, 0.2) is 0 Å². The third kappa shape index (κ3) is 8.28. The first-order valence-electron chi connectivity index (χ1n) is 12.8. The molecule has 0 unspecified atom stereocenters. The third-order valence-corrected chi connectivity index (χ3v) is 8.80. The molecule has 4 rings (SSSR count). The Hall–Kier alpha value is -4.53. The summed E-state index contributed by atoms with van der Waals surface area (Å²) in [5, 5.41) is 40.3. The van der Waals surface area contributed by atoms with E-state index in [1.54, 1.807) is 35.4 Å². The fraction of sp³-hybridized carbons (Fsp3) is 0.391. The molecule has 0 bridgehead atoms. The van der Waals surface area contributed by atoms with Crippen LogP contribution >= 0.6 is 11.3 Å². The molecule has 0 atom stereocenters. The number of nitrogens with zero attached hydrogens (tertiary/aromatic N) is 7. The van der Waals surface area contributed by atoms with Gasteiger partial charge in [0.25, 0.3) is 10.0 Å². The van der Waals surface area contributed by atoms with Crippen LogP contribution in [0.1, 0.15) is 0 Å². The van der Waals surface area contributed by atoms with Crippen LogP contribution in [0.4, 0.5) is 20.1 Å². The van der Waals surface area contributed by atoms with Crippen LogP contribution in [0, 0.1) is 0 Å². The molecule has 0 spiro atoms. The van der Waals surface area contributed by atoms with Crippen molar-refractivity contribution in [2.24, 2.45) is 5.14 Å². The summed E-state index contributed by atoms with van der Waals surface area (Å²) in [4.78, 5) is 57.3. The summed E-state index contributed by atoms with van der Waals surface area (Å²) in [5.41, 5.74) is 1.67. The van der Waals surface area contributed by atoms with E-state index in [0.717, 1.165) is 26.0 Å². The van der Waals surface area contributed by atoms with E-state index in [9.17, 15) is 42.9 Å². The average Bonchev–Trinajstić information content (AvgIpc) is 3.50. The molecular formula is C23H29N9O9S2. The van der Waals surface area contributed by atoms with Gasteiger partial charge in [-0.1, -0.05) is 23.5 Å². The van der Waals surface area contributed by atoms with Crippen molar-refractivity contribution in [2.75, 3.05) is 64.2 Å². The second-order valence-electron chi connectivity index (χ2n) is 9.48. The Kier molecular flexibility index (Phi) is 9.63. The number of anilines is 1. The molecule has 20 heteroatoms. The van der Waals surface area contributed by atoms with Gasteiger partial charge in [0.2, 0.25) is 15.2 Å². The Morgan fingerprint density at radius 2 is 1.33 bits per heavy atom. The van der Waals surface area contributed by atoms with Crippen LogP contribution in [-0.4, -0.2) is 141 Å². The summed E-state index contributed by atoms with van der Waals surface area (Å²) in [5.74, 6) is -0.414. The third-order valence-electron chi connectivity index (χ3n) is 6.56. The van der Waals surface area contributed by atoms with Crippen molar-refractivity contribution in [3.63, 3.8) is 0 Å². The lowest BCUT2D eigenvalue weighted by Gasteiger charge is -2.31. The van der Waals surface area contributed by atoms with Crippen molar-refractivity contribution in [1.29, 1.82) is 0 Å². The number of nitrogens with two attached hydrogens (primary N) is 1. The molecule has 0 radical (unpaired) electrons. The van der Waals surface area contributed by atoms with Crippen molar-refractivity contribution in [1.82, 2.24) is 34.2 Å². The smallest absolute Gasteiger partial charge is 0.407 e. The fourth-order valence-corrected chi connectivity index (χ4v) is 5.76. The quantitative estimate of drug-likeness (QED) is 0.253. The predicted molar refractivity (Wildman–Crippen MR) is 152 cm³/mol. The molecule has 1 aliphatic heterocycles. The van der Waals surface area contributed by atoms with E-state index in [1.807, 2.05) is 0 Å². The number of amides is 4. The molecule has 3 heterocycles. The topological polar surface area (TPSA) is 244 Å². The minimum Gasteiger partial charge on any atom is -0.465 e. The Bertz CT molecular complexity index is 1550. The zero-order chi connectivity index (χ0) is 31.3. The molecule has 4 amide bonds. The summed E-state index contributed by atoms with van der Waals surface area (Å²) in [6.07, 6.45) is -2.21. The zero-order valence-electron chi connectivity index (χ0n) is 22.6. The van der Waals surface area contributed by atoms with Crippen LogP contribution in [0.25, 0.3) is 16.2 Å². The maximum atomic E-state index is 12.9. The highest BCUT2D eigenvalue weighted by Crippen LogP contribution is 2.25. The molecule has 1 aromatic carbocycles. The highest BCUT2D eigenvalue weighted by Gasteiger charge is 2.23. The average molecular weight is 640 g/mol. The monoisotopic (exact) mass is 639 g/mol. The van der Waals surface area contributed by atoms with Gasteiger partial charge < -0.3 is 35.3 Å². The Morgan fingerprint density at radius 1 is 0.837 bits per heavy atom. The summed E-state index contributed by atoms with van der Waals surface area (Å²) >= 11 is 0.829. The van der Waals surface area contributed by atoms with Crippen molar-refractivity contribution in [2.45, 2.75) is 4.34 Å². The molecule has 2 aromatic heterocycles. The van der Waals surface area contributed by atoms with Crippen LogP contribution < -0.4 is 10.5 Å².